The lowest BCUT2D eigenvalue weighted by Gasteiger charge is -2.50. The van der Waals surface area contributed by atoms with Crippen LogP contribution in [0.3, 0.4) is 0 Å². The lowest BCUT2D eigenvalue weighted by molar-refractivity contribution is -0.152. The maximum Gasteiger partial charge on any atom is 0.0947 e. The summed E-state index contributed by atoms with van der Waals surface area (Å²) in [5.41, 5.74) is 1.39. The smallest absolute Gasteiger partial charge is 0.0947 e. The number of hydrogen-bond acceptors (Lipinski definition) is 4. The van der Waals surface area contributed by atoms with E-state index < -0.39 is 0 Å². The minimum atomic E-state index is 0.142. The van der Waals surface area contributed by atoms with Gasteiger partial charge >= 0.3 is 0 Å². The van der Waals surface area contributed by atoms with E-state index in [1.165, 1.54) is 12.0 Å². The van der Waals surface area contributed by atoms with Crippen LogP contribution in [0, 0.1) is 5.41 Å². The van der Waals surface area contributed by atoms with Gasteiger partial charge in [0.1, 0.15) is 0 Å². The molecule has 4 heteroatoms. The van der Waals surface area contributed by atoms with E-state index in [4.69, 9.17) is 13.9 Å². The summed E-state index contributed by atoms with van der Waals surface area (Å²) in [6, 6.07) is 2.05. The molecular weight excluding hydrogens is 266 g/mol. The number of likely N-dealkylation sites (tertiary alicyclic amines) is 1. The molecule has 0 bridgehead atoms. The fraction of sp³-hybridized carbons (Fsp3) is 0.647. The third-order valence-corrected chi connectivity index (χ3v) is 4.68. The number of rotatable bonds is 6. The molecule has 0 saturated carbocycles. The fourth-order valence-electron chi connectivity index (χ4n) is 3.71. The van der Waals surface area contributed by atoms with Gasteiger partial charge in [-0.15, -0.1) is 6.58 Å². The Hall–Kier alpha value is -1.10. The van der Waals surface area contributed by atoms with Crippen LogP contribution >= 0.6 is 0 Å². The van der Waals surface area contributed by atoms with E-state index in [9.17, 15) is 0 Å². The molecule has 2 unspecified atom stereocenters. The second-order valence-corrected chi connectivity index (χ2v) is 6.26. The summed E-state index contributed by atoms with van der Waals surface area (Å²) in [7, 11) is 0. The van der Waals surface area contributed by atoms with Gasteiger partial charge in [0.05, 0.1) is 31.8 Å². The van der Waals surface area contributed by atoms with Gasteiger partial charge in [0.25, 0.3) is 0 Å². The molecule has 2 aliphatic rings. The first-order valence-corrected chi connectivity index (χ1v) is 7.86. The Kier molecular flexibility index (Phi) is 4.78. The van der Waals surface area contributed by atoms with Gasteiger partial charge in [-0.05, 0) is 25.3 Å². The number of ether oxygens (including phenoxy) is 2. The van der Waals surface area contributed by atoms with Gasteiger partial charge in [0.15, 0.2) is 0 Å². The van der Waals surface area contributed by atoms with Crippen LogP contribution in [0.4, 0.5) is 0 Å². The molecule has 0 aromatic carbocycles. The zero-order valence-electron chi connectivity index (χ0n) is 12.6. The Morgan fingerprint density at radius 2 is 2.48 bits per heavy atom. The van der Waals surface area contributed by atoms with E-state index >= 15 is 0 Å². The molecule has 4 nitrogen and oxygen atoms in total. The maximum absolute atomic E-state index is 6.05. The second kappa shape index (κ2) is 6.77. The number of piperidine rings is 1. The van der Waals surface area contributed by atoms with Crippen molar-refractivity contribution in [2.24, 2.45) is 5.41 Å². The van der Waals surface area contributed by atoms with Crippen LogP contribution in [0.15, 0.2) is 35.7 Å². The Labute approximate surface area is 126 Å². The van der Waals surface area contributed by atoms with Gasteiger partial charge in [0.2, 0.25) is 0 Å². The molecule has 1 aromatic rings. The summed E-state index contributed by atoms with van der Waals surface area (Å²) >= 11 is 0. The molecule has 116 valence electrons. The van der Waals surface area contributed by atoms with Crippen LogP contribution < -0.4 is 0 Å². The summed E-state index contributed by atoms with van der Waals surface area (Å²) < 4.78 is 17.1. The van der Waals surface area contributed by atoms with Gasteiger partial charge in [-0.1, -0.05) is 6.08 Å². The van der Waals surface area contributed by atoms with Crippen molar-refractivity contribution in [3.63, 3.8) is 0 Å². The van der Waals surface area contributed by atoms with Crippen molar-refractivity contribution in [2.45, 2.75) is 31.9 Å². The summed E-state index contributed by atoms with van der Waals surface area (Å²) in [5.74, 6) is 0. The molecule has 0 aliphatic carbocycles. The van der Waals surface area contributed by atoms with Crippen LogP contribution in [0.2, 0.25) is 0 Å². The van der Waals surface area contributed by atoms with Crippen molar-refractivity contribution in [1.29, 1.82) is 0 Å². The molecule has 1 aromatic heterocycles. The zero-order chi connectivity index (χ0) is 14.5. The average Bonchev–Trinajstić information content (AvgIpc) is 3.00. The number of hydrogen-bond donors (Lipinski definition) is 0. The Morgan fingerprint density at radius 1 is 1.52 bits per heavy atom. The number of nitrogens with zero attached hydrogens (tertiary/aromatic N) is 1. The Bertz CT molecular complexity index is 445. The average molecular weight is 291 g/mol. The fourth-order valence-corrected chi connectivity index (χ4v) is 3.71. The summed E-state index contributed by atoms with van der Waals surface area (Å²) in [6.07, 6.45) is 9.16. The number of fused-ring (bicyclic) bond motifs is 1. The van der Waals surface area contributed by atoms with Gasteiger partial charge in [0, 0.05) is 37.2 Å². The molecule has 2 fully saturated rings. The Balaban J connectivity index is 1.66. The summed E-state index contributed by atoms with van der Waals surface area (Å²) in [4.78, 5) is 2.51. The maximum atomic E-state index is 6.05. The van der Waals surface area contributed by atoms with Crippen molar-refractivity contribution in [3.05, 3.63) is 36.8 Å². The zero-order valence-corrected chi connectivity index (χ0v) is 12.6. The molecular formula is C17H25NO3. The molecule has 21 heavy (non-hydrogen) atoms. The summed E-state index contributed by atoms with van der Waals surface area (Å²) in [6.45, 7) is 9.10. The van der Waals surface area contributed by atoms with E-state index in [0.29, 0.717) is 12.7 Å². The highest BCUT2D eigenvalue weighted by atomic mass is 16.5. The molecule has 0 spiro atoms. The van der Waals surface area contributed by atoms with Crippen LogP contribution in [-0.4, -0.2) is 43.9 Å². The molecule has 0 N–H and O–H groups in total. The topological polar surface area (TPSA) is 34.8 Å². The molecule has 3 heterocycles. The van der Waals surface area contributed by atoms with E-state index in [1.807, 2.05) is 18.4 Å². The highest BCUT2D eigenvalue weighted by molar-refractivity contribution is 5.06. The van der Waals surface area contributed by atoms with E-state index in [1.54, 1.807) is 6.26 Å². The lowest BCUT2D eigenvalue weighted by atomic mass is 9.73. The highest BCUT2D eigenvalue weighted by Gasteiger charge is 2.46. The molecule has 0 amide bonds. The Morgan fingerprint density at radius 3 is 3.29 bits per heavy atom. The summed E-state index contributed by atoms with van der Waals surface area (Å²) in [5, 5.41) is 0. The van der Waals surface area contributed by atoms with E-state index in [0.717, 1.165) is 45.7 Å². The van der Waals surface area contributed by atoms with Crippen LogP contribution in [0.5, 0.6) is 0 Å². The first-order valence-electron chi connectivity index (χ1n) is 7.86. The highest BCUT2D eigenvalue weighted by Crippen LogP contribution is 2.40. The van der Waals surface area contributed by atoms with Crippen molar-refractivity contribution < 1.29 is 13.9 Å². The minimum absolute atomic E-state index is 0.142. The first-order chi connectivity index (χ1) is 10.3. The number of furan rings is 1. The largest absolute Gasteiger partial charge is 0.472 e. The van der Waals surface area contributed by atoms with E-state index in [-0.39, 0.29) is 5.41 Å². The monoisotopic (exact) mass is 291 g/mol. The van der Waals surface area contributed by atoms with Gasteiger partial charge in [-0.3, -0.25) is 4.90 Å². The standard InChI is InChI=1S/C17H25NO3/c1-2-8-20-14-17-6-3-9-21-16(17)4-7-18(13-17)11-15-5-10-19-12-15/h2,5,10,12,16H,1,3-4,6-9,11,13-14H2. The normalized spacial score (nSPS) is 30.0. The van der Waals surface area contributed by atoms with Crippen molar-refractivity contribution in [3.8, 4) is 0 Å². The van der Waals surface area contributed by atoms with Gasteiger partial charge in [-0.2, -0.15) is 0 Å². The second-order valence-electron chi connectivity index (χ2n) is 6.26. The predicted molar refractivity (Wildman–Crippen MR) is 81.0 cm³/mol. The molecule has 2 atom stereocenters. The molecule has 3 rings (SSSR count). The SMILES string of the molecule is C=CCOCC12CCCOC1CCN(Cc1ccoc1)C2. The van der Waals surface area contributed by atoms with Crippen molar-refractivity contribution >= 4 is 0 Å². The molecule has 2 saturated heterocycles. The van der Waals surface area contributed by atoms with Gasteiger partial charge in [-0.25, -0.2) is 0 Å². The van der Waals surface area contributed by atoms with Crippen LogP contribution in [0.1, 0.15) is 24.8 Å². The van der Waals surface area contributed by atoms with E-state index in [2.05, 4.69) is 11.5 Å². The lowest BCUT2D eigenvalue weighted by Crippen LogP contribution is -2.56. The van der Waals surface area contributed by atoms with Crippen LogP contribution in [-0.2, 0) is 16.0 Å². The molecule has 2 aliphatic heterocycles. The first kappa shape index (κ1) is 14.8. The van der Waals surface area contributed by atoms with Crippen molar-refractivity contribution in [2.75, 3.05) is 32.9 Å². The third-order valence-electron chi connectivity index (χ3n) is 4.68. The predicted octanol–water partition coefficient (Wildman–Crippen LogP) is 2.85. The minimum Gasteiger partial charge on any atom is -0.472 e. The third kappa shape index (κ3) is 3.39. The van der Waals surface area contributed by atoms with Gasteiger partial charge < -0.3 is 13.9 Å². The quantitative estimate of drug-likeness (QED) is 0.596. The molecule has 0 radical (unpaired) electrons. The van der Waals surface area contributed by atoms with Crippen molar-refractivity contribution in [1.82, 2.24) is 4.90 Å². The van der Waals surface area contributed by atoms with Crippen LogP contribution in [0.25, 0.3) is 0 Å².